The van der Waals surface area contributed by atoms with Gasteiger partial charge in [0, 0.05) is 39.4 Å². The van der Waals surface area contributed by atoms with Gasteiger partial charge in [-0.3, -0.25) is 14.4 Å². The molecule has 8 heteroatoms. The maximum absolute atomic E-state index is 14.9. The van der Waals surface area contributed by atoms with Gasteiger partial charge in [-0.1, -0.05) is 72.8 Å². The van der Waals surface area contributed by atoms with Crippen molar-refractivity contribution in [3.05, 3.63) is 125 Å². The number of fused-ring (bicyclic) bond motifs is 5. The van der Waals surface area contributed by atoms with E-state index in [0.717, 1.165) is 0 Å². The van der Waals surface area contributed by atoms with E-state index >= 15 is 0 Å². The Morgan fingerprint density at radius 3 is 2.09 bits per heavy atom. The summed E-state index contributed by atoms with van der Waals surface area (Å²) in [5.74, 6) is -1.63. The van der Waals surface area contributed by atoms with E-state index in [4.69, 9.17) is 14.2 Å². The first-order chi connectivity index (χ1) is 21.4. The molecule has 0 bridgehead atoms. The van der Waals surface area contributed by atoms with Gasteiger partial charge in [-0.2, -0.15) is 0 Å². The molecule has 1 aliphatic carbocycles. The van der Waals surface area contributed by atoms with Gasteiger partial charge in [0.25, 0.3) is 0 Å². The summed E-state index contributed by atoms with van der Waals surface area (Å²) < 4.78 is 31.7. The first-order valence-corrected chi connectivity index (χ1v) is 14.2. The van der Waals surface area contributed by atoms with Crippen molar-refractivity contribution in [1.82, 2.24) is 0 Å². The lowest BCUT2D eigenvalue weighted by Gasteiger charge is -2.37. The van der Waals surface area contributed by atoms with Crippen LogP contribution in [0.3, 0.4) is 0 Å². The van der Waals surface area contributed by atoms with E-state index in [1.807, 2.05) is 11.0 Å². The molecule has 2 heterocycles. The third-order valence-electron chi connectivity index (χ3n) is 9.16. The highest BCUT2D eigenvalue weighted by molar-refractivity contribution is 6.32. The predicted octanol–water partition coefficient (Wildman–Crippen LogP) is 6.17. The number of halogens is 1. The number of anilines is 1. The maximum Gasteiger partial charge on any atom is 0.203 e. The van der Waals surface area contributed by atoms with Crippen LogP contribution < -0.4 is 19.1 Å². The largest absolute Gasteiger partial charge is 0.493 e. The van der Waals surface area contributed by atoms with E-state index in [1.54, 1.807) is 78.9 Å². The quantitative estimate of drug-likeness (QED) is 0.197. The fourth-order valence-electron chi connectivity index (χ4n) is 7.43. The lowest BCUT2D eigenvalue weighted by atomic mass is 9.64. The molecule has 0 aromatic heterocycles. The van der Waals surface area contributed by atoms with Crippen molar-refractivity contribution in [1.29, 1.82) is 0 Å². The average Bonchev–Trinajstić information content (AvgIpc) is 3.49. The predicted molar refractivity (Wildman–Crippen MR) is 163 cm³/mol. The molecule has 2 aliphatic heterocycles. The summed E-state index contributed by atoms with van der Waals surface area (Å²) in [6.45, 7) is 0. The van der Waals surface area contributed by atoms with Crippen molar-refractivity contribution in [3.8, 4) is 17.2 Å². The molecule has 3 atom stereocenters. The van der Waals surface area contributed by atoms with Gasteiger partial charge in [-0.05, 0) is 24.3 Å². The van der Waals surface area contributed by atoms with Crippen molar-refractivity contribution < 1.29 is 33.0 Å². The van der Waals surface area contributed by atoms with Crippen LogP contribution in [0.15, 0.2) is 91.0 Å². The van der Waals surface area contributed by atoms with Crippen LogP contribution in [0, 0.1) is 11.2 Å². The minimum atomic E-state index is -1.76. The lowest BCUT2D eigenvalue weighted by molar-refractivity contribution is 0.0664. The first-order valence-electron chi connectivity index (χ1n) is 14.2. The van der Waals surface area contributed by atoms with Gasteiger partial charge >= 0.3 is 0 Å². The number of Topliss-reactive ketones (excluding diaryl/α,β-unsaturated/α-hetero) is 3. The minimum absolute atomic E-state index is 0.252. The third kappa shape index (κ3) is 3.57. The summed E-state index contributed by atoms with van der Waals surface area (Å²) in [6, 6.07) is 21.3. The molecule has 1 unspecified atom stereocenters. The summed E-state index contributed by atoms with van der Waals surface area (Å²) in [5.41, 5.74) is 0.783. The van der Waals surface area contributed by atoms with E-state index in [2.05, 4.69) is 0 Å². The molecule has 1 fully saturated rings. The van der Waals surface area contributed by atoms with Crippen LogP contribution >= 0.6 is 0 Å². The molecule has 4 aromatic carbocycles. The average molecular weight is 590 g/mol. The highest BCUT2D eigenvalue weighted by Gasteiger charge is 2.72. The first kappa shape index (κ1) is 27.6. The Kier molecular flexibility index (Phi) is 6.39. The second-order valence-electron chi connectivity index (χ2n) is 11.1. The zero-order valence-electron chi connectivity index (χ0n) is 24.2. The number of hydrogen-bond acceptors (Lipinski definition) is 7. The molecule has 0 amide bonds. The summed E-state index contributed by atoms with van der Waals surface area (Å²) in [6.07, 6.45) is 3.48. The topological polar surface area (TPSA) is 82.1 Å². The fourth-order valence-corrected chi connectivity index (χ4v) is 7.43. The number of rotatable bonds is 6. The van der Waals surface area contributed by atoms with Crippen LogP contribution in [-0.2, 0) is 0 Å². The minimum Gasteiger partial charge on any atom is -0.493 e. The van der Waals surface area contributed by atoms with Gasteiger partial charge in [0.2, 0.25) is 5.75 Å². The van der Waals surface area contributed by atoms with Gasteiger partial charge < -0.3 is 19.1 Å². The van der Waals surface area contributed by atoms with Gasteiger partial charge in [0.15, 0.2) is 28.8 Å². The zero-order valence-corrected chi connectivity index (χ0v) is 24.2. The summed E-state index contributed by atoms with van der Waals surface area (Å²) >= 11 is 0. The van der Waals surface area contributed by atoms with E-state index in [1.165, 1.54) is 33.5 Å². The van der Waals surface area contributed by atoms with Crippen molar-refractivity contribution >= 4 is 29.1 Å². The van der Waals surface area contributed by atoms with Crippen LogP contribution in [-0.4, -0.2) is 50.8 Å². The van der Waals surface area contributed by atoms with Crippen molar-refractivity contribution in [2.45, 2.75) is 18.0 Å². The Morgan fingerprint density at radius 2 is 1.45 bits per heavy atom. The smallest absolute Gasteiger partial charge is 0.203 e. The molecule has 7 nitrogen and oxygen atoms in total. The van der Waals surface area contributed by atoms with Gasteiger partial charge in [-0.25, -0.2) is 4.39 Å². The van der Waals surface area contributed by atoms with Crippen molar-refractivity contribution in [2.75, 3.05) is 26.2 Å². The van der Waals surface area contributed by atoms with Gasteiger partial charge in [0.1, 0.15) is 17.3 Å². The molecule has 3 aliphatic rings. The molecule has 0 radical (unpaired) electrons. The Morgan fingerprint density at radius 1 is 0.795 bits per heavy atom. The second kappa shape index (κ2) is 10.2. The molecular weight excluding hydrogens is 561 g/mol. The Bertz CT molecular complexity index is 1850. The number of carbonyl (C=O) groups excluding carboxylic acids is 3. The molecule has 44 heavy (non-hydrogen) atoms. The molecule has 0 N–H and O–H groups in total. The highest BCUT2D eigenvalue weighted by Crippen LogP contribution is 2.63. The molecule has 1 spiro atoms. The Hall–Kier alpha value is -5.24. The Labute approximate surface area is 253 Å². The second-order valence-corrected chi connectivity index (χ2v) is 11.1. The van der Waals surface area contributed by atoms with Crippen LogP contribution in [0.2, 0.25) is 0 Å². The summed E-state index contributed by atoms with van der Waals surface area (Å²) in [4.78, 5) is 46.4. The Balaban J connectivity index is 1.60. The monoisotopic (exact) mass is 589 g/mol. The molecular formula is C36H28FNO6. The van der Waals surface area contributed by atoms with Crippen LogP contribution in [0.1, 0.15) is 48.1 Å². The van der Waals surface area contributed by atoms with Crippen LogP contribution in [0.4, 0.5) is 10.1 Å². The van der Waals surface area contributed by atoms with E-state index in [-0.39, 0.29) is 28.8 Å². The SMILES string of the molecule is COc1ccc([C@H]2[C@H](C(=O)c3ccccc3)N3c4ccc(F)cc4C=CC3C23C(=O)c2ccccc2C3=O)c(OC)c1OC. The zero-order chi connectivity index (χ0) is 30.7. The van der Waals surface area contributed by atoms with Crippen molar-refractivity contribution in [3.63, 3.8) is 0 Å². The van der Waals surface area contributed by atoms with Gasteiger partial charge in [-0.15, -0.1) is 0 Å². The van der Waals surface area contributed by atoms with Crippen molar-refractivity contribution in [2.24, 2.45) is 5.41 Å². The highest BCUT2D eigenvalue weighted by atomic mass is 19.1. The number of nitrogens with zero attached hydrogens (tertiary/aromatic N) is 1. The molecule has 1 saturated heterocycles. The fraction of sp³-hybridized carbons (Fsp3) is 0.194. The number of carbonyl (C=O) groups is 3. The number of hydrogen-bond donors (Lipinski definition) is 0. The number of benzene rings is 4. The normalized spacial score (nSPS) is 20.7. The summed E-state index contributed by atoms with van der Waals surface area (Å²) in [5, 5.41) is 0. The number of ketones is 3. The molecule has 220 valence electrons. The van der Waals surface area contributed by atoms with Crippen LogP contribution in [0.25, 0.3) is 6.08 Å². The van der Waals surface area contributed by atoms with E-state index in [9.17, 15) is 18.8 Å². The van der Waals surface area contributed by atoms with Crippen LogP contribution in [0.5, 0.6) is 17.2 Å². The van der Waals surface area contributed by atoms with Gasteiger partial charge in [0.05, 0.1) is 27.4 Å². The standard InChI is InChI=1S/C36H28FNO6/c1-42-27-17-15-25(32(43-2)33(27)44-3)29-30(31(39)20-9-5-4-6-10-20)38-26-16-14-22(37)19-21(26)13-18-28(38)36(29)34(40)23-11-7-8-12-24(23)35(36)41/h4-19,28-30H,1-3H3/t28?,29-,30+/m0/s1. The molecule has 7 rings (SSSR count). The van der Waals surface area contributed by atoms with E-state index < -0.39 is 29.2 Å². The van der Waals surface area contributed by atoms with E-state index in [0.29, 0.717) is 39.3 Å². The number of ether oxygens (including phenoxy) is 3. The third-order valence-corrected chi connectivity index (χ3v) is 9.16. The molecule has 0 saturated carbocycles. The summed E-state index contributed by atoms with van der Waals surface area (Å²) in [7, 11) is 4.44. The maximum atomic E-state index is 14.9. The number of methoxy groups -OCH3 is 3. The lowest BCUT2D eigenvalue weighted by Crippen LogP contribution is -2.48. The molecule has 4 aromatic rings.